The topological polar surface area (TPSA) is 104 Å². The number of nitrogens with zero attached hydrogens (tertiary/aromatic N) is 2. The largest absolute Gasteiger partial charge is 0.480 e. The molecule has 1 aromatic rings. The normalized spacial score (nSPS) is 16.6. The molecule has 25 heavy (non-hydrogen) atoms. The summed E-state index contributed by atoms with van der Waals surface area (Å²) >= 11 is 1.56. The summed E-state index contributed by atoms with van der Waals surface area (Å²) in [5, 5.41) is 17.4. The van der Waals surface area contributed by atoms with Crippen LogP contribution in [0.1, 0.15) is 36.9 Å². The van der Waals surface area contributed by atoms with E-state index in [1.165, 1.54) is 0 Å². The Balaban J connectivity index is 1.75. The van der Waals surface area contributed by atoms with Crippen LogP contribution in [-0.2, 0) is 16.1 Å². The fraction of sp³-hybridized carbons (Fsp3) is 0.688. The summed E-state index contributed by atoms with van der Waals surface area (Å²) < 4.78 is 5.27. The minimum absolute atomic E-state index is 0.283. The number of carboxylic acids is 1. The van der Waals surface area contributed by atoms with Gasteiger partial charge in [0.25, 0.3) is 0 Å². The van der Waals surface area contributed by atoms with Crippen molar-refractivity contribution in [1.82, 2.24) is 20.5 Å². The number of aromatic nitrogens is 1. The van der Waals surface area contributed by atoms with E-state index in [0.717, 1.165) is 23.8 Å². The number of carbonyl (C=O) groups is 2. The summed E-state index contributed by atoms with van der Waals surface area (Å²) in [6.07, 6.45) is 0.358. The Bertz CT molecular complexity index is 572. The van der Waals surface area contributed by atoms with Crippen molar-refractivity contribution in [1.29, 1.82) is 0 Å². The molecule has 1 fully saturated rings. The molecule has 3 N–H and O–H groups in total. The van der Waals surface area contributed by atoms with Crippen LogP contribution in [-0.4, -0.2) is 65.9 Å². The quantitative estimate of drug-likeness (QED) is 0.636. The number of morpholine rings is 1. The van der Waals surface area contributed by atoms with E-state index < -0.39 is 18.0 Å². The number of hydrogen-bond acceptors (Lipinski definition) is 6. The maximum absolute atomic E-state index is 12.0. The summed E-state index contributed by atoms with van der Waals surface area (Å²) in [7, 11) is 0. The predicted octanol–water partition coefficient (Wildman–Crippen LogP) is 1.24. The van der Waals surface area contributed by atoms with E-state index in [1.54, 1.807) is 11.3 Å². The van der Waals surface area contributed by atoms with Gasteiger partial charge in [0.05, 0.1) is 30.5 Å². The number of carboxylic acid groups (broad SMARTS) is 1. The van der Waals surface area contributed by atoms with Crippen LogP contribution in [0.4, 0.5) is 4.79 Å². The summed E-state index contributed by atoms with van der Waals surface area (Å²) in [4.78, 5) is 29.9. The third-order valence-electron chi connectivity index (χ3n) is 3.93. The molecule has 0 aliphatic carbocycles. The van der Waals surface area contributed by atoms with Crippen molar-refractivity contribution in [2.24, 2.45) is 0 Å². The lowest BCUT2D eigenvalue weighted by molar-refractivity contribution is -0.139. The van der Waals surface area contributed by atoms with Gasteiger partial charge in [0.1, 0.15) is 6.04 Å². The lowest BCUT2D eigenvalue weighted by Gasteiger charge is -2.27. The number of nitrogens with one attached hydrogen (secondary N) is 2. The number of thiazole rings is 1. The molecular formula is C16H26N4O4S. The molecule has 0 spiro atoms. The van der Waals surface area contributed by atoms with Gasteiger partial charge in [0, 0.05) is 30.9 Å². The van der Waals surface area contributed by atoms with Crippen molar-refractivity contribution in [3.63, 3.8) is 0 Å². The zero-order valence-corrected chi connectivity index (χ0v) is 15.5. The molecule has 1 aliphatic rings. The van der Waals surface area contributed by atoms with Crippen LogP contribution < -0.4 is 10.6 Å². The molecule has 2 rings (SSSR count). The van der Waals surface area contributed by atoms with Crippen molar-refractivity contribution in [2.75, 3.05) is 32.8 Å². The Hall–Kier alpha value is -1.71. The third-order valence-corrected chi connectivity index (χ3v) is 5.13. The van der Waals surface area contributed by atoms with Gasteiger partial charge in [-0.2, -0.15) is 0 Å². The maximum atomic E-state index is 12.0. The second-order valence-electron chi connectivity index (χ2n) is 6.29. The molecule has 0 bridgehead atoms. The van der Waals surface area contributed by atoms with E-state index in [1.807, 2.05) is 5.38 Å². The van der Waals surface area contributed by atoms with Gasteiger partial charge in [0.15, 0.2) is 0 Å². The van der Waals surface area contributed by atoms with E-state index >= 15 is 0 Å². The SMILES string of the molecule is CC(C)c1nc(CNC(=O)N[C@@H](CCN2CCOCC2)C(=O)O)cs1. The number of amides is 2. The van der Waals surface area contributed by atoms with Crippen LogP contribution in [0.25, 0.3) is 0 Å². The average molecular weight is 370 g/mol. The van der Waals surface area contributed by atoms with Gasteiger partial charge < -0.3 is 20.5 Å². The molecule has 1 aromatic heterocycles. The van der Waals surface area contributed by atoms with Crippen molar-refractivity contribution in [3.8, 4) is 0 Å². The molecular weight excluding hydrogens is 344 g/mol. The summed E-state index contributed by atoms with van der Waals surface area (Å²) in [5.41, 5.74) is 0.782. The summed E-state index contributed by atoms with van der Waals surface area (Å²) in [5.74, 6) is -0.677. The van der Waals surface area contributed by atoms with Crippen molar-refractivity contribution < 1.29 is 19.4 Å². The predicted molar refractivity (Wildman–Crippen MR) is 94.9 cm³/mol. The number of rotatable bonds is 8. The van der Waals surface area contributed by atoms with Crippen molar-refractivity contribution in [3.05, 3.63) is 16.1 Å². The van der Waals surface area contributed by atoms with Crippen LogP contribution in [0.5, 0.6) is 0 Å². The molecule has 0 radical (unpaired) electrons. The van der Waals surface area contributed by atoms with Crippen LogP contribution >= 0.6 is 11.3 Å². The zero-order valence-electron chi connectivity index (χ0n) is 14.7. The Morgan fingerprint density at radius 3 is 2.72 bits per heavy atom. The first-order chi connectivity index (χ1) is 12.0. The minimum Gasteiger partial charge on any atom is -0.480 e. The lowest BCUT2D eigenvalue weighted by Crippen LogP contribution is -2.48. The molecule has 0 saturated carbocycles. The minimum atomic E-state index is -1.03. The van der Waals surface area contributed by atoms with Gasteiger partial charge in [-0.1, -0.05) is 13.8 Å². The van der Waals surface area contributed by atoms with Crippen molar-refractivity contribution >= 4 is 23.3 Å². The number of urea groups is 1. The fourth-order valence-electron chi connectivity index (χ4n) is 2.44. The van der Waals surface area contributed by atoms with Gasteiger partial charge in [-0.3, -0.25) is 4.90 Å². The molecule has 1 aliphatic heterocycles. The summed E-state index contributed by atoms with van der Waals surface area (Å²) in [6.45, 7) is 7.94. The second kappa shape index (κ2) is 9.69. The van der Waals surface area contributed by atoms with E-state index in [-0.39, 0.29) is 6.54 Å². The maximum Gasteiger partial charge on any atom is 0.326 e. The van der Waals surface area contributed by atoms with Gasteiger partial charge in [0.2, 0.25) is 0 Å². The molecule has 140 valence electrons. The highest BCUT2D eigenvalue weighted by Crippen LogP contribution is 2.18. The Labute approximate surface area is 151 Å². The first kappa shape index (κ1) is 19.6. The van der Waals surface area contributed by atoms with Crippen LogP contribution in [0.3, 0.4) is 0 Å². The average Bonchev–Trinajstić information content (AvgIpc) is 3.07. The number of ether oxygens (including phenoxy) is 1. The van der Waals surface area contributed by atoms with Gasteiger partial charge in [-0.25, -0.2) is 14.6 Å². The fourth-order valence-corrected chi connectivity index (χ4v) is 3.28. The van der Waals surface area contributed by atoms with Crippen LogP contribution in [0.2, 0.25) is 0 Å². The van der Waals surface area contributed by atoms with E-state index in [9.17, 15) is 14.7 Å². The highest BCUT2D eigenvalue weighted by atomic mass is 32.1. The van der Waals surface area contributed by atoms with E-state index in [0.29, 0.717) is 32.1 Å². The molecule has 1 saturated heterocycles. The first-order valence-corrected chi connectivity index (χ1v) is 9.35. The molecule has 2 amide bonds. The molecule has 9 heteroatoms. The van der Waals surface area contributed by atoms with Crippen LogP contribution in [0.15, 0.2) is 5.38 Å². The van der Waals surface area contributed by atoms with Crippen LogP contribution in [0, 0.1) is 0 Å². The lowest BCUT2D eigenvalue weighted by atomic mass is 10.2. The Morgan fingerprint density at radius 2 is 2.12 bits per heavy atom. The second-order valence-corrected chi connectivity index (χ2v) is 7.18. The standard InChI is InChI=1S/C16H26N4O4S/c1-11(2)14-18-12(10-25-14)9-17-16(23)19-13(15(21)22)3-4-20-5-7-24-8-6-20/h10-11,13H,3-9H2,1-2H3,(H,21,22)(H2,17,19,23)/t13-/m0/s1. The van der Waals surface area contributed by atoms with E-state index in [4.69, 9.17) is 4.74 Å². The summed E-state index contributed by atoms with van der Waals surface area (Å²) in [6, 6.07) is -1.40. The Morgan fingerprint density at radius 1 is 1.40 bits per heavy atom. The van der Waals surface area contributed by atoms with Gasteiger partial charge >= 0.3 is 12.0 Å². The van der Waals surface area contributed by atoms with Gasteiger partial charge in [-0.05, 0) is 6.42 Å². The number of hydrogen-bond donors (Lipinski definition) is 3. The monoisotopic (exact) mass is 370 g/mol. The molecule has 8 nitrogen and oxygen atoms in total. The van der Waals surface area contributed by atoms with Gasteiger partial charge in [-0.15, -0.1) is 11.3 Å². The van der Waals surface area contributed by atoms with Crippen molar-refractivity contribution in [2.45, 2.75) is 38.8 Å². The molecule has 2 heterocycles. The third kappa shape index (κ3) is 6.60. The Kier molecular flexibility index (Phi) is 7.60. The first-order valence-electron chi connectivity index (χ1n) is 8.47. The number of aliphatic carboxylic acids is 1. The molecule has 0 unspecified atom stereocenters. The smallest absolute Gasteiger partial charge is 0.326 e. The zero-order chi connectivity index (χ0) is 18.2. The number of carbonyl (C=O) groups excluding carboxylic acids is 1. The molecule has 0 aromatic carbocycles. The molecule has 1 atom stereocenters. The van der Waals surface area contributed by atoms with E-state index in [2.05, 4.69) is 34.4 Å². The highest BCUT2D eigenvalue weighted by molar-refractivity contribution is 7.09. The highest BCUT2D eigenvalue weighted by Gasteiger charge is 2.21.